The number of para-hydroxylation sites is 3. The van der Waals surface area contributed by atoms with E-state index < -0.39 is 0 Å². The third-order valence-corrected chi connectivity index (χ3v) is 14.7. The maximum absolute atomic E-state index is 6.46. The highest BCUT2D eigenvalue weighted by molar-refractivity contribution is 6.17. The molecule has 0 fully saturated rings. The van der Waals surface area contributed by atoms with E-state index in [0.717, 1.165) is 125 Å². The van der Waals surface area contributed by atoms with Gasteiger partial charge in [-0.05, 0) is 136 Å². The van der Waals surface area contributed by atoms with E-state index in [1.165, 1.54) is 16.5 Å². The zero-order valence-corrected chi connectivity index (χ0v) is 41.0. The summed E-state index contributed by atoms with van der Waals surface area (Å²) in [4.78, 5) is 13.0. The Kier molecular flexibility index (Phi) is 10.9. The van der Waals surface area contributed by atoms with Crippen LogP contribution in [0.2, 0.25) is 0 Å². The summed E-state index contributed by atoms with van der Waals surface area (Å²) in [5.74, 6) is 2.45. The van der Waals surface area contributed by atoms with Crippen molar-refractivity contribution >= 4 is 33.2 Å². The highest BCUT2D eigenvalue weighted by Crippen LogP contribution is 2.46. The summed E-state index contributed by atoms with van der Waals surface area (Å²) in [5, 5.41) is 2.40. The SMILES string of the molecule is C1=C(Oc2ccccc2)CCC(N2c3cccc(c3)-c3ccccc3-c3cccc(c3)-c3nc(-c4ccccc4)cc(n3)-c3ccc(cc3)-c3cccc(c3)-c3cc2cc2c3c3ccccc3n2-c2ccccc2)=C1. The van der Waals surface area contributed by atoms with Crippen LogP contribution in [0.4, 0.5) is 11.4 Å². The number of aromatic nitrogens is 3. The number of benzene rings is 10. The van der Waals surface area contributed by atoms with E-state index in [1.54, 1.807) is 0 Å². The van der Waals surface area contributed by atoms with Crippen LogP contribution in [0.5, 0.6) is 5.75 Å². The molecule has 0 unspecified atom stereocenters. The lowest BCUT2D eigenvalue weighted by Gasteiger charge is -2.31. The molecule has 0 saturated heterocycles. The fourth-order valence-corrected chi connectivity index (χ4v) is 11.1. The molecule has 10 aromatic carbocycles. The Hall–Kier alpha value is -9.84. The number of ether oxygens (including phenoxy) is 1. The van der Waals surface area contributed by atoms with Gasteiger partial charge in [-0.2, -0.15) is 0 Å². The summed E-state index contributed by atoms with van der Waals surface area (Å²) >= 11 is 0. The van der Waals surface area contributed by atoms with Gasteiger partial charge >= 0.3 is 0 Å². The lowest BCUT2D eigenvalue weighted by atomic mass is 9.92. The van der Waals surface area contributed by atoms with Gasteiger partial charge in [-0.1, -0.05) is 182 Å². The van der Waals surface area contributed by atoms with Crippen molar-refractivity contribution in [2.24, 2.45) is 0 Å². The standard InChI is InChI=1S/C70H48N4O/c1-4-17-48(18-5-1)65-46-66-49-35-33-47(34-36-49)50-19-14-21-52(41-50)64-44-58(45-68-69(64)63-31-12-13-32-67(63)74(68)55-24-6-2-7-25-55)73(56-37-39-60(40-38-56)75-59-27-8-3-9-28-59)57-26-16-22-53(43-57)62-30-11-10-29-61(62)51-20-15-23-54(42-51)70(71-65)72-66/h1-37,39,41-46H,38,40H2. The quantitative estimate of drug-likeness (QED) is 0.172. The monoisotopic (exact) mass is 960 g/mol. The fourth-order valence-electron chi connectivity index (χ4n) is 11.1. The molecule has 5 heteroatoms. The maximum atomic E-state index is 6.46. The van der Waals surface area contributed by atoms with Crippen LogP contribution in [0.3, 0.4) is 0 Å². The highest BCUT2D eigenvalue weighted by atomic mass is 16.5. The average Bonchev–Trinajstić information content (AvgIpc) is 3.86. The Morgan fingerprint density at radius 3 is 1.64 bits per heavy atom. The predicted molar refractivity (Wildman–Crippen MR) is 309 cm³/mol. The minimum Gasteiger partial charge on any atom is -0.462 e. The fraction of sp³-hybridized carbons (Fsp3) is 0.0286. The number of hydrogen-bond acceptors (Lipinski definition) is 4. The summed E-state index contributed by atoms with van der Waals surface area (Å²) in [5.41, 5.74) is 20.4. The third-order valence-electron chi connectivity index (χ3n) is 14.7. The molecule has 0 N–H and O–H groups in total. The summed E-state index contributed by atoms with van der Waals surface area (Å²) in [6.07, 6.45) is 5.91. The Balaban J connectivity index is 1.04. The highest BCUT2D eigenvalue weighted by Gasteiger charge is 2.25. The van der Waals surface area contributed by atoms with Gasteiger partial charge in [-0.25, -0.2) is 9.97 Å². The second kappa shape index (κ2) is 18.6. The molecular weight excluding hydrogens is 913 g/mol. The van der Waals surface area contributed by atoms with Gasteiger partial charge in [-0.3, -0.25) is 0 Å². The van der Waals surface area contributed by atoms with Crippen LogP contribution in [0, 0.1) is 0 Å². The molecule has 2 aliphatic heterocycles. The van der Waals surface area contributed by atoms with Crippen LogP contribution >= 0.6 is 0 Å². The van der Waals surface area contributed by atoms with Crippen LogP contribution in [-0.4, -0.2) is 14.5 Å². The molecule has 12 aromatic rings. The molecule has 3 aliphatic rings. The number of hydrogen-bond donors (Lipinski definition) is 0. The molecule has 0 radical (unpaired) electrons. The number of anilines is 2. The number of nitrogens with zero attached hydrogens (tertiary/aromatic N) is 4. The Morgan fingerprint density at radius 1 is 0.347 bits per heavy atom. The van der Waals surface area contributed by atoms with Gasteiger partial charge < -0.3 is 14.2 Å². The first-order chi connectivity index (χ1) is 37.1. The van der Waals surface area contributed by atoms with Crippen molar-refractivity contribution in [3.63, 3.8) is 0 Å². The molecule has 15 rings (SSSR count). The van der Waals surface area contributed by atoms with E-state index in [2.05, 4.69) is 240 Å². The van der Waals surface area contributed by atoms with Crippen LogP contribution in [-0.2, 0) is 0 Å². The largest absolute Gasteiger partial charge is 0.462 e. The Bertz CT molecular complexity index is 4190. The van der Waals surface area contributed by atoms with Crippen LogP contribution < -0.4 is 9.64 Å². The van der Waals surface area contributed by atoms with Crippen molar-refractivity contribution in [2.75, 3.05) is 4.90 Å². The second-order valence-corrected chi connectivity index (χ2v) is 19.3. The van der Waals surface area contributed by atoms with Gasteiger partial charge in [0, 0.05) is 56.6 Å². The van der Waals surface area contributed by atoms with Crippen LogP contribution in [0.15, 0.2) is 278 Å². The first-order valence-electron chi connectivity index (χ1n) is 25.7. The van der Waals surface area contributed by atoms with E-state index in [9.17, 15) is 0 Å². The molecule has 354 valence electrons. The molecule has 12 bridgehead atoms. The molecule has 0 amide bonds. The van der Waals surface area contributed by atoms with Gasteiger partial charge in [-0.15, -0.1) is 0 Å². The second-order valence-electron chi connectivity index (χ2n) is 19.3. The zero-order valence-electron chi connectivity index (χ0n) is 41.0. The molecular formula is C70H48N4O. The normalized spacial score (nSPS) is 12.8. The van der Waals surface area contributed by atoms with E-state index in [0.29, 0.717) is 5.82 Å². The number of rotatable bonds is 5. The van der Waals surface area contributed by atoms with Gasteiger partial charge in [0.1, 0.15) is 11.5 Å². The Morgan fingerprint density at radius 2 is 0.907 bits per heavy atom. The lowest BCUT2D eigenvalue weighted by Crippen LogP contribution is -2.19. The molecule has 5 nitrogen and oxygen atoms in total. The smallest absolute Gasteiger partial charge is 0.160 e. The van der Waals surface area contributed by atoms with Gasteiger partial charge in [0.2, 0.25) is 0 Å². The first kappa shape index (κ1) is 43.9. The van der Waals surface area contributed by atoms with Crippen molar-refractivity contribution in [3.05, 3.63) is 278 Å². The van der Waals surface area contributed by atoms with Crippen molar-refractivity contribution in [2.45, 2.75) is 12.8 Å². The number of fused-ring (bicyclic) bond motifs is 5. The minimum absolute atomic E-state index is 0.676. The molecule has 4 heterocycles. The van der Waals surface area contributed by atoms with E-state index in [-0.39, 0.29) is 0 Å². The van der Waals surface area contributed by atoms with Crippen LogP contribution in [0.1, 0.15) is 12.8 Å². The molecule has 0 saturated carbocycles. The van der Waals surface area contributed by atoms with E-state index in [4.69, 9.17) is 14.7 Å². The molecule has 75 heavy (non-hydrogen) atoms. The molecule has 0 spiro atoms. The van der Waals surface area contributed by atoms with Crippen molar-refractivity contribution in [3.8, 4) is 89.8 Å². The zero-order chi connectivity index (χ0) is 49.7. The first-order valence-corrected chi connectivity index (χ1v) is 25.7. The summed E-state index contributed by atoms with van der Waals surface area (Å²) in [6, 6.07) is 91.4. The lowest BCUT2D eigenvalue weighted by molar-refractivity contribution is 0.400. The summed E-state index contributed by atoms with van der Waals surface area (Å²) in [6.45, 7) is 0. The average molecular weight is 961 g/mol. The third kappa shape index (κ3) is 8.17. The van der Waals surface area contributed by atoms with Crippen molar-refractivity contribution < 1.29 is 4.74 Å². The van der Waals surface area contributed by atoms with Gasteiger partial charge in [0.15, 0.2) is 5.82 Å². The van der Waals surface area contributed by atoms with Crippen molar-refractivity contribution in [1.82, 2.24) is 14.5 Å². The Labute approximate surface area is 436 Å². The predicted octanol–water partition coefficient (Wildman–Crippen LogP) is 18.3. The summed E-state index contributed by atoms with van der Waals surface area (Å²) < 4.78 is 8.90. The van der Waals surface area contributed by atoms with Gasteiger partial charge in [0.25, 0.3) is 0 Å². The van der Waals surface area contributed by atoms with Crippen LogP contribution in [0.25, 0.3) is 106 Å². The van der Waals surface area contributed by atoms with E-state index >= 15 is 0 Å². The van der Waals surface area contributed by atoms with Gasteiger partial charge in [0.05, 0.1) is 22.4 Å². The topological polar surface area (TPSA) is 43.2 Å². The maximum Gasteiger partial charge on any atom is 0.160 e. The van der Waals surface area contributed by atoms with E-state index in [1.807, 2.05) is 36.4 Å². The number of allylic oxidation sites excluding steroid dienone is 4. The molecule has 0 atom stereocenters. The summed E-state index contributed by atoms with van der Waals surface area (Å²) in [7, 11) is 0. The molecule has 2 aromatic heterocycles. The molecule has 1 aliphatic carbocycles. The minimum atomic E-state index is 0.676. The van der Waals surface area contributed by atoms with Crippen molar-refractivity contribution in [1.29, 1.82) is 0 Å².